The van der Waals surface area contributed by atoms with Crippen molar-refractivity contribution >= 4 is 17.4 Å². The molecule has 0 radical (unpaired) electrons. The summed E-state index contributed by atoms with van der Waals surface area (Å²) in [5, 5.41) is 7.80. The molecule has 2 aromatic carbocycles. The number of nitrogen functional groups attached to an aromatic ring is 1. The summed E-state index contributed by atoms with van der Waals surface area (Å²) in [6.07, 6.45) is 0. The summed E-state index contributed by atoms with van der Waals surface area (Å²) in [6.45, 7) is 3.77. The number of hydrogen-bond acceptors (Lipinski definition) is 2. The molecular weight excluding hydrogens is 291 g/mol. The number of hydrogen-bond donors (Lipinski definition) is 2. The number of amidine groups is 1. The second-order valence-electron chi connectivity index (χ2n) is 4.84. The summed E-state index contributed by atoms with van der Waals surface area (Å²) in [7, 11) is 0. The lowest BCUT2D eigenvalue weighted by Gasteiger charge is -2.14. The third kappa shape index (κ3) is 3.34. The molecule has 0 saturated heterocycles. The van der Waals surface area contributed by atoms with Crippen LogP contribution in [0.2, 0.25) is 5.02 Å². The summed E-state index contributed by atoms with van der Waals surface area (Å²) < 4.78 is 19.4. The highest BCUT2D eigenvalue weighted by Crippen LogP contribution is 2.27. The molecule has 0 saturated carbocycles. The van der Waals surface area contributed by atoms with Crippen LogP contribution in [0.4, 0.5) is 4.39 Å². The Balaban J connectivity index is 2.27. The number of nitrogens with two attached hydrogens (primary N) is 1. The van der Waals surface area contributed by atoms with E-state index in [-0.39, 0.29) is 12.4 Å². The highest BCUT2D eigenvalue weighted by atomic mass is 35.5. The van der Waals surface area contributed by atoms with Crippen LogP contribution in [0, 0.1) is 25.1 Å². The number of ether oxygens (including phenoxy) is 1. The van der Waals surface area contributed by atoms with Gasteiger partial charge in [0.05, 0.1) is 5.02 Å². The second-order valence-corrected chi connectivity index (χ2v) is 5.25. The van der Waals surface area contributed by atoms with Gasteiger partial charge in [-0.1, -0.05) is 17.7 Å². The lowest BCUT2D eigenvalue weighted by Crippen LogP contribution is -2.12. The lowest BCUT2D eigenvalue weighted by atomic mass is 10.1. The number of benzene rings is 2. The van der Waals surface area contributed by atoms with Crippen LogP contribution in [0.5, 0.6) is 5.75 Å². The van der Waals surface area contributed by atoms with E-state index >= 15 is 0 Å². The zero-order valence-electron chi connectivity index (χ0n) is 11.8. The molecule has 5 heteroatoms. The maximum absolute atomic E-state index is 13.7. The predicted molar refractivity (Wildman–Crippen MR) is 82.7 cm³/mol. The lowest BCUT2D eigenvalue weighted by molar-refractivity contribution is 0.296. The second kappa shape index (κ2) is 6.14. The van der Waals surface area contributed by atoms with E-state index in [4.69, 9.17) is 27.5 Å². The topological polar surface area (TPSA) is 59.1 Å². The van der Waals surface area contributed by atoms with Gasteiger partial charge in [-0.15, -0.1) is 0 Å². The Bertz CT molecular complexity index is 657. The molecule has 3 nitrogen and oxygen atoms in total. The van der Waals surface area contributed by atoms with Crippen molar-refractivity contribution in [1.29, 1.82) is 5.41 Å². The fourth-order valence-corrected chi connectivity index (χ4v) is 2.37. The van der Waals surface area contributed by atoms with Gasteiger partial charge in [0.25, 0.3) is 0 Å². The molecule has 0 aliphatic carbocycles. The summed E-state index contributed by atoms with van der Waals surface area (Å²) in [4.78, 5) is 0. The van der Waals surface area contributed by atoms with Crippen LogP contribution in [0.15, 0.2) is 30.3 Å². The van der Waals surface area contributed by atoms with Gasteiger partial charge in [-0.3, -0.25) is 5.41 Å². The fraction of sp³-hybridized carbons (Fsp3) is 0.188. The van der Waals surface area contributed by atoms with Gasteiger partial charge in [-0.05, 0) is 49.2 Å². The van der Waals surface area contributed by atoms with Crippen LogP contribution in [-0.2, 0) is 6.61 Å². The quantitative estimate of drug-likeness (QED) is 0.663. The smallest absolute Gasteiger partial charge is 0.131 e. The maximum Gasteiger partial charge on any atom is 0.131 e. The number of rotatable bonds is 4. The van der Waals surface area contributed by atoms with E-state index in [9.17, 15) is 4.39 Å². The van der Waals surface area contributed by atoms with Crippen molar-refractivity contribution in [2.75, 3.05) is 0 Å². The Labute approximate surface area is 128 Å². The van der Waals surface area contributed by atoms with Crippen LogP contribution in [0.3, 0.4) is 0 Å². The first-order valence-electron chi connectivity index (χ1n) is 6.41. The number of halogens is 2. The van der Waals surface area contributed by atoms with Crippen LogP contribution < -0.4 is 10.5 Å². The van der Waals surface area contributed by atoms with Crippen LogP contribution in [0.1, 0.15) is 22.3 Å². The van der Waals surface area contributed by atoms with Crippen molar-refractivity contribution in [2.45, 2.75) is 20.5 Å². The van der Waals surface area contributed by atoms with Crippen molar-refractivity contribution in [1.82, 2.24) is 0 Å². The van der Waals surface area contributed by atoms with Gasteiger partial charge in [-0.2, -0.15) is 0 Å². The third-order valence-corrected chi connectivity index (χ3v) is 3.55. The van der Waals surface area contributed by atoms with Crippen LogP contribution in [-0.4, -0.2) is 5.84 Å². The molecule has 21 heavy (non-hydrogen) atoms. The molecule has 0 bridgehead atoms. The fourth-order valence-electron chi connectivity index (χ4n) is 2.15. The molecule has 2 rings (SSSR count). The summed E-state index contributed by atoms with van der Waals surface area (Å²) in [6, 6.07) is 8.07. The molecule has 0 unspecified atom stereocenters. The van der Waals surface area contributed by atoms with Crippen molar-refractivity contribution < 1.29 is 9.13 Å². The van der Waals surface area contributed by atoms with Crippen LogP contribution in [0.25, 0.3) is 0 Å². The molecule has 3 N–H and O–H groups in total. The van der Waals surface area contributed by atoms with Gasteiger partial charge in [0.2, 0.25) is 0 Å². The zero-order chi connectivity index (χ0) is 15.6. The first-order valence-corrected chi connectivity index (χ1v) is 6.79. The minimum absolute atomic E-state index is 0.00454. The van der Waals surface area contributed by atoms with Gasteiger partial charge >= 0.3 is 0 Å². The molecule has 0 heterocycles. The number of aryl methyl sites for hydroxylation is 2. The van der Waals surface area contributed by atoms with Crippen molar-refractivity contribution in [2.24, 2.45) is 5.73 Å². The highest BCUT2D eigenvalue weighted by molar-refractivity contribution is 6.31. The van der Waals surface area contributed by atoms with Crippen molar-refractivity contribution in [3.63, 3.8) is 0 Å². The first kappa shape index (κ1) is 15.3. The third-order valence-electron chi connectivity index (χ3n) is 3.19. The Hall–Kier alpha value is -2.07. The highest BCUT2D eigenvalue weighted by Gasteiger charge is 2.11. The Morgan fingerprint density at radius 1 is 1.29 bits per heavy atom. The van der Waals surface area contributed by atoms with Gasteiger partial charge in [0, 0.05) is 11.1 Å². The molecular formula is C16H16ClFN2O. The van der Waals surface area contributed by atoms with Gasteiger partial charge in [0.15, 0.2) is 0 Å². The van der Waals surface area contributed by atoms with E-state index in [0.29, 0.717) is 21.9 Å². The number of nitrogens with one attached hydrogen (secondary N) is 1. The normalized spacial score (nSPS) is 10.5. The minimum Gasteiger partial charge on any atom is -0.488 e. The maximum atomic E-state index is 13.7. The zero-order valence-corrected chi connectivity index (χ0v) is 12.6. The SMILES string of the molecule is Cc1cc(C(=N)N)cc(C)c1OCc1c(F)cccc1Cl. The van der Waals surface area contributed by atoms with E-state index < -0.39 is 5.82 Å². The van der Waals surface area contributed by atoms with Crippen molar-refractivity contribution in [3.8, 4) is 5.75 Å². The Morgan fingerprint density at radius 3 is 2.43 bits per heavy atom. The minimum atomic E-state index is -0.391. The molecule has 0 aliphatic heterocycles. The molecule has 0 atom stereocenters. The van der Waals surface area contributed by atoms with Crippen molar-refractivity contribution in [3.05, 3.63) is 63.4 Å². The van der Waals surface area contributed by atoms with Crippen LogP contribution >= 0.6 is 11.6 Å². The molecule has 110 valence electrons. The van der Waals surface area contributed by atoms with Gasteiger partial charge < -0.3 is 10.5 Å². The van der Waals surface area contributed by atoms with E-state index in [0.717, 1.165) is 11.1 Å². The van der Waals surface area contributed by atoms with Gasteiger partial charge in [-0.25, -0.2) is 4.39 Å². The summed E-state index contributed by atoms with van der Waals surface area (Å²) in [5.41, 5.74) is 8.13. The standard InChI is InChI=1S/C16H16ClFN2O/c1-9-6-11(16(19)20)7-10(2)15(9)21-8-12-13(17)4-3-5-14(12)18/h3-7H,8H2,1-2H3,(H3,19,20). The Kier molecular flexibility index (Phi) is 4.48. The molecule has 0 spiro atoms. The molecule has 0 aromatic heterocycles. The first-order chi connectivity index (χ1) is 9.90. The molecule has 0 amide bonds. The van der Waals surface area contributed by atoms with E-state index in [1.165, 1.54) is 6.07 Å². The monoisotopic (exact) mass is 306 g/mol. The average Bonchev–Trinajstić information content (AvgIpc) is 2.40. The van der Waals surface area contributed by atoms with E-state index in [1.54, 1.807) is 24.3 Å². The molecule has 0 fully saturated rings. The van der Waals surface area contributed by atoms with E-state index in [2.05, 4.69) is 0 Å². The largest absolute Gasteiger partial charge is 0.488 e. The van der Waals surface area contributed by atoms with Gasteiger partial charge in [0.1, 0.15) is 24.0 Å². The predicted octanol–water partition coefficient (Wildman–Crippen LogP) is 3.96. The van der Waals surface area contributed by atoms with E-state index in [1.807, 2.05) is 13.8 Å². The summed E-state index contributed by atoms with van der Waals surface area (Å²) in [5.74, 6) is 0.266. The summed E-state index contributed by atoms with van der Waals surface area (Å²) >= 11 is 5.98. The molecule has 2 aromatic rings. The molecule has 0 aliphatic rings. The average molecular weight is 307 g/mol. The Morgan fingerprint density at radius 2 is 1.90 bits per heavy atom.